The number of hydrogen-bond donors (Lipinski definition) is 1. The second kappa shape index (κ2) is 8.39. The Hall–Kier alpha value is -3.61. The zero-order valence-corrected chi connectivity index (χ0v) is 15.1. The molecule has 1 amide bonds. The smallest absolute Gasteiger partial charge is 0.336 e. The average molecular weight is 380 g/mol. The van der Waals surface area contributed by atoms with E-state index in [-0.39, 0.29) is 0 Å². The monoisotopic (exact) mass is 380 g/mol. The van der Waals surface area contributed by atoms with Crippen molar-refractivity contribution in [2.24, 2.45) is 0 Å². The van der Waals surface area contributed by atoms with Crippen molar-refractivity contribution in [3.8, 4) is 5.75 Å². The van der Waals surface area contributed by atoms with Gasteiger partial charge in [-0.25, -0.2) is 4.79 Å². The number of fused-ring (bicyclic) bond motifs is 1. The SMILES string of the molecule is CCc1cc(=O)oc2cc(OCC(=O)N[C@H](C(=O)[O-])c3ccccc3)ccc12. The molecule has 0 aliphatic heterocycles. The summed E-state index contributed by atoms with van der Waals surface area (Å²) in [6.07, 6.45) is 0.675. The molecule has 0 radical (unpaired) electrons. The quantitative estimate of drug-likeness (QED) is 0.620. The average Bonchev–Trinajstić information content (AvgIpc) is 2.69. The zero-order valence-electron chi connectivity index (χ0n) is 15.1. The number of ether oxygens (including phenoxy) is 1. The van der Waals surface area contributed by atoms with Crippen LogP contribution in [0.2, 0.25) is 0 Å². The summed E-state index contributed by atoms with van der Waals surface area (Å²) in [6, 6.07) is 13.3. The number of carbonyl (C=O) groups excluding carboxylic acids is 2. The van der Waals surface area contributed by atoms with Crippen LogP contribution in [0.1, 0.15) is 24.1 Å². The van der Waals surface area contributed by atoms with Crippen LogP contribution in [0, 0.1) is 0 Å². The van der Waals surface area contributed by atoms with Crippen molar-refractivity contribution in [3.63, 3.8) is 0 Å². The first-order valence-corrected chi connectivity index (χ1v) is 8.72. The Bertz CT molecular complexity index is 1060. The van der Waals surface area contributed by atoms with Crippen LogP contribution in [-0.4, -0.2) is 18.5 Å². The predicted octanol–water partition coefficient (Wildman–Crippen LogP) is 1.34. The zero-order chi connectivity index (χ0) is 20.1. The maximum Gasteiger partial charge on any atom is 0.336 e. The van der Waals surface area contributed by atoms with Gasteiger partial charge in [-0.15, -0.1) is 0 Å². The highest BCUT2D eigenvalue weighted by molar-refractivity contribution is 5.85. The van der Waals surface area contributed by atoms with Gasteiger partial charge in [0.1, 0.15) is 11.3 Å². The third-order valence-electron chi connectivity index (χ3n) is 4.23. The summed E-state index contributed by atoms with van der Waals surface area (Å²) in [5.74, 6) is -1.72. The molecule has 1 N–H and O–H groups in total. The fourth-order valence-corrected chi connectivity index (χ4v) is 2.87. The highest BCUT2D eigenvalue weighted by atomic mass is 16.5. The van der Waals surface area contributed by atoms with Crippen molar-refractivity contribution in [2.45, 2.75) is 19.4 Å². The normalized spacial score (nSPS) is 11.8. The van der Waals surface area contributed by atoms with Gasteiger partial charge in [-0.1, -0.05) is 37.3 Å². The van der Waals surface area contributed by atoms with Crippen molar-refractivity contribution in [3.05, 3.63) is 76.1 Å². The van der Waals surface area contributed by atoms with Crippen molar-refractivity contribution in [2.75, 3.05) is 6.61 Å². The molecule has 1 atom stereocenters. The third-order valence-corrected chi connectivity index (χ3v) is 4.23. The van der Waals surface area contributed by atoms with E-state index in [1.54, 1.807) is 42.5 Å². The second-order valence-electron chi connectivity index (χ2n) is 6.12. The van der Waals surface area contributed by atoms with Crippen molar-refractivity contribution in [1.29, 1.82) is 0 Å². The summed E-state index contributed by atoms with van der Waals surface area (Å²) in [7, 11) is 0. The van der Waals surface area contributed by atoms with Crippen LogP contribution in [0.15, 0.2) is 63.8 Å². The topological polar surface area (TPSA) is 109 Å². The Balaban J connectivity index is 1.70. The lowest BCUT2D eigenvalue weighted by molar-refractivity contribution is -0.308. The molecule has 7 nitrogen and oxygen atoms in total. The summed E-state index contributed by atoms with van der Waals surface area (Å²) in [4.78, 5) is 35.1. The molecule has 2 aromatic carbocycles. The molecule has 0 saturated carbocycles. The fraction of sp³-hybridized carbons (Fsp3) is 0.190. The molecule has 3 aromatic rings. The van der Waals surface area contributed by atoms with Crippen LogP contribution < -0.4 is 20.8 Å². The van der Waals surface area contributed by atoms with Gasteiger partial charge in [-0.2, -0.15) is 0 Å². The number of aliphatic carboxylic acids is 1. The number of amides is 1. The van der Waals surface area contributed by atoms with E-state index >= 15 is 0 Å². The predicted molar refractivity (Wildman–Crippen MR) is 99.7 cm³/mol. The maximum absolute atomic E-state index is 12.1. The lowest BCUT2D eigenvalue weighted by Gasteiger charge is -2.20. The molecular formula is C21H18NO6-. The Morgan fingerprint density at radius 2 is 1.89 bits per heavy atom. The summed E-state index contributed by atoms with van der Waals surface area (Å²) in [5.41, 5.74) is 1.16. The molecule has 3 rings (SSSR count). The van der Waals surface area contributed by atoms with Gasteiger partial charge < -0.3 is 24.4 Å². The van der Waals surface area contributed by atoms with E-state index in [9.17, 15) is 19.5 Å². The molecular weight excluding hydrogens is 362 g/mol. The van der Waals surface area contributed by atoms with Crippen molar-refractivity contribution < 1.29 is 23.8 Å². The van der Waals surface area contributed by atoms with E-state index in [1.165, 1.54) is 12.1 Å². The summed E-state index contributed by atoms with van der Waals surface area (Å²) in [6.45, 7) is 1.53. The standard InChI is InChI=1S/C21H19NO6/c1-2-13-10-19(24)28-17-11-15(8-9-16(13)17)27-12-18(23)22-20(21(25)26)14-6-4-3-5-7-14/h3-11,20H,2,12H2,1H3,(H,22,23)(H,25,26)/p-1/t20-/m0/s1. The molecule has 0 unspecified atom stereocenters. The van der Waals surface area contributed by atoms with E-state index in [2.05, 4.69) is 5.32 Å². The van der Waals surface area contributed by atoms with Gasteiger partial charge in [0.05, 0.1) is 12.0 Å². The molecule has 0 aliphatic carbocycles. The molecule has 7 heteroatoms. The van der Waals surface area contributed by atoms with E-state index in [4.69, 9.17) is 9.15 Å². The van der Waals surface area contributed by atoms with Crippen LogP contribution >= 0.6 is 0 Å². The first kappa shape index (κ1) is 19.2. The summed E-state index contributed by atoms with van der Waals surface area (Å²) >= 11 is 0. The van der Waals surface area contributed by atoms with Crippen LogP contribution in [0.3, 0.4) is 0 Å². The van der Waals surface area contributed by atoms with Gasteiger partial charge in [-0.3, -0.25) is 4.79 Å². The molecule has 1 aromatic heterocycles. The highest BCUT2D eigenvalue weighted by Crippen LogP contribution is 2.23. The third kappa shape index (κ3) is 4.37. The first-order valence-electron chi connectivity index (χ1n) is 8.72. The minimum Gasteiger partial charge on any atom is -0.548 e. The van der Waals surface area contributed by atoms with E-state index in [1.807, 2.05) is 6.92 Å². The summed E-state index contributed by atoms with van der Waals surface area (Å²) in [5, 5.41) is 14.5. The molecule has 0 spiro atoms. The number of carboxylic acids is 1. The molecule has 0 fully saturated rings. The van der Waals surface area contributed by atoms with E-state index < -0.39 is 30.2 Å². The molecule has 0 aliphatic rings. The number of carbonyl (C=O) groups is 2. The molecule has 0 bridgehead atoms. The van der Waals surface area contributed by atoms with Gasteiger partial charge in [0.15, 0.2) is 6.61 Å². The highest BCUT2D eigenvalue weighted by Gasteiger charge is 2.16. The molecule has 0 saturated heterocycles. The number of rotatable bonds is 7. The van der Waals surface area contributed by atoms with Crippen molar-refractivity contribution in [1.82, 2.24) is 5.32 Å². The van der Waals surface area contributed by atoms with Gasteiger partial charge in [0.2, 0.25) is 0 Å². The maximum atomic E-state index is 12.1. The number of benzene rings is 2. The molecule has 28 heavy (non-hydrogen) atoms. The molecule has 1 heterocycles. The Kier molecular flexibility index (Phi) is 5.74. The largest absolute Gasteiger partial charge is 0.548 e. The van der Waals surface area contributed by atoms with Crippen molar-refractivity contribution >= 4 is 22.8 Å². The number of nitrogens with one attached hydrogen (secondary N) is 1. The fourth-order valence-electron chi connectivity index (χ4n) is 2.87. The van der Waals surface area contributed by atoms with Crippen LogP contribution in [0.5, 0.6) is 5.75 Å². The van der Waals surface area contributed by atoms with Gasteiger partial charge in [0, 0.05) is 17.5 Å². The van der Waals surface area contributed by atoms with Crippen LogP contribution in [-0.2, 0) is 16.0 Å². The first-order chi connectivity index (χ1) is 13.5. The number of hydrogen-bond acceptors (Lipinski definition) is 6. The number of aryl methyl sites for hydroxylation is 1. The minimum atomic E-state index is -1.42. The minimum absolute atomic E-state index is 0.323. The van der Waals surface area contributed by atoms with Gasteiger partial charge in [-0.05, 0) is 29.7 Å². The molecule has 144 valence electrons. The number of carboxylic acid groups (broad SMARTS) is 1. The van der Waals surface area contributed by atoms with E-state index in [0.717, 1.165) is 10.9 Å². The van der Waals surface area contributed by atoms with Crippen LogP contribution in [0.25, 0.3) is 11.0 Å². The lowest BCUT2D eigenvalue weighted by Crippen LogP contribution is -2.42. The second-order valence-corrected chi connectivity index (χ2v) is 6.12. The Morgan fingerprint density at radius 1 is 1.14 bits per heavy atom. The summed E-state index contributed by atoms with van der Waals surface area (Å²) < 4.78 is 10.6. The lowest BCUT2D eigenvalue weighted by atomic mass is 10.1. The van der Waals surface area contributed by atoms with Gasteiger partial charge >= 0.3 is 5.63 Å². The van der Waals surface area contributed by atoms with E-state index in [0.29, 0.717) is 23.3 Å². The Labute approximate surface area is 160 Å². The van der Waals surface area contributed by atoms with Crippen LogP contribution in [0.4, 0.5) is 0 Å². The van der Waals surface area contributed by atoms with Gasteiger partial charge in [0.25, 0.3) is 5.91 Å². The Morgan fingerprint density at radius 3 is 2.57 bits per heavy atom.